The molecule has 0 aromatic carbocycles. The summed E-state index contributed by atoms with van der Waals surface area (Å²) in [6.45, 7) is 7.83. The van der Waals surface area contributed by atoms with Crippen LogP contribution in [0.2, 0.25) is 0 Å². The number of unbranched alkanes of at least 4 members (excludes halogenated alkanes) is 1. The second-order valence-electron chi connectivity index (χ2n) is 5.95. The molecule has 0 bridgehead atoms. The second-order valence-corrected chi connectivity index (χ2v) is 6.32. The fraction of sp³-hybridized carbons (Fsp3) is 0.929. The number of carbonyl (C=O) groups is 1. The van der Waals surface area contributed by atoms with Crippen LogP contribution in [0, 0.1) is 0 Å². The van der Waals surface area contributed by atoms with Crippen LogP contribution in [0.3, 0.4) is 0 Å². The lowest BCUT2D eigenvalue weighted by Gasteiger charge is -2.32. The van der Waals surface area contributed by atoms with E-state index in [0.717, 1.165) is 45.2 Å². The number of rotatable bonds is 5. The SMILES string of the molecule is CC(C)(C)OC=O.OC1(CCCCCl)CCNCC1. The summed E-state index contributed by atoms with van der Waals surface area (Å²) in [5.74, 6) is 0.717. The van der Waals surface area contributed by atoms with Crippen LogP contribution >= 0.6 is 11.6 Å². The van der Waals surface area contributed by atoms with Crippen LogP contribution in [0.4, 0.5) is 0 Å². The Kier molecular flexibility index (Phi) is 9.40. The number of carbonyl (C=O) groups excluding carboxylic acids is 1. The third-order valence-electron chi connectivity index (χ3n) is 2.96. The van der Waals surface area contributed by atoms with Crippen LogP contribution in [0.5, 0.6) is 0 Å². The van der Waals surface area contributed by atoms with Crippen LogP contribution in [0.1, 0.15) is 52.9 Å². The van der Waals surface area contributed by atoms with Gasteiger partial charge < -0.3 is 15.2 Å². The maximum Gasteiger partial charge on any atom is 0.293 e. The van der Waals surface area contributed by atoms with E-state index in [1.54, 1.807) is 0 Å². The molecule has 0 aromatic rings. The van der Waals surface area contributed by atoms with Crippen molar-refractivity contribution in [2.24, 2.45) is 0 Å². The number of nitrogens with one attached hydrogen (secondary N) is 1. The molecule has 114 valence electrons. The molecule has 0 aliphatic carbocycles. The van der Waals surface area contributed by atoms with E-state index in [-0.39, 0.29) is 5.60 Å². The standard InChI is InChI=1S/C9H18ClNO.C5H10O2/c10-6-2-1-3-9(12)4-7-11-8-5-9;1-5(2,3)7-4-6/h11-12H,1-8H2;4H,1-3H3. The van der Waals surface area contributed by atoms with Crippen LogP contribution in [-0.2, 0) is 9.53 Å². The van der Waals surface area contributed by atoms with Crippen molar-refractivity contribution in [3.63, 3.8) is 0 Å². The fourth-order valence-electron chi connectivity index (χ4n) is 1.84. The lowest BCUT2D eigenvalue weighted by Crippen LogP contribution is -2.41. The van der Waals surface area contributed by atoms with Gasteiger partial charge in [-0.3, -0.25) is 4.79 Å². The molecule has 19 heavy (non-hydrogen) atoms. The van der Waals surface area contributed by atoms with Crippen molar-refractivity contribution in [1.29, 1.82) is 0 Å². The molecule has 0 radical (unpaired) electrons. The van der Waals surface area contributed by atoms with Gasteiger partial charge in [0.2, 0.25) is 0 Å². The van der Waals surface area contributed by atoms with Gasteiger partial charge >= 0.3 is 0 Å². The van der Waals surface area contributed by atoms with E-state index in [0.29, 0.717) is 12.4 Å². The zero-order chi connectivity index (χ0) is 14.8. The van der Waals surface area contributed by atoms with Gasteiger partial charge in [-0.25, -0.2) is 0 Å². The van der Waals surface area contributed by atoms with Gasteiger partial charge in [0.1, 0.15) is 5.60 Å². The fourth-order valence-corrected chi connectivity index (χ4v) is 2.02. The molecule has 0 atom stereocenters. The van der Waals surface area contributed by atoms with Crippen molar-refractivity contribution in [3.05, 3.63) is 0 Å². The van der Waals surface area contributed by atoms with Crippen LogP contribution < -0.4 is 5.32 Å². The topological polar surface area (TPSA) is 58.6 Å². The Morgan fingerprint density at radius 2 is 1.89 bits per heavy atom. The van der Waals surface area contributed by atoms with Gasteiger partial charge in [0, 0.05) is 5.88 Å². The lowest BCUT2D eigenvalue weighted by atomic mass is 9.87. The molecule has 1 rings (SSSR count). The number of alkyl halides is 1. The van der Waals surface area contributed by atoms with E-state index in [2.05, 4.69) is 10.1 Å². The monoisotopic (exact) mass is 293 g/mol. The number of piperidine rings is 1. The van der Waals surface area contributed by atoms with Crippen LogP contribution in [0.25, 0.3) is 0 Å². The summed E-state index contributed by atoms with van der Waals surface area (Å²) in [5, 5.41) is 13.3. The van der Waals surface area contributed by atoms with Gasteiger partial charge in [0.15, 0.2) is 0 Å². The van der Waals surface area contributed by atoms with E-state index in [9.17, 15) is 9.90 Å². The summed E-state index contributed by atoms with van der Waals surface area (Å²) >= 11 is 5.57. The molecular formula is C14H28ClNO3. The molecule has 0 aromatic heterocycles. The van der Waals surface area contributed by atoms with Crippen molar-refractivity contribution in [2.75, 3.05) is 19.0 Å². The van der Waals surface area contributed by atoms with E-state index >= 15 is 0 Å². The number of halogens is 1. The minimum Gasteiger partial charge on any atom is -0.462 e. The second kappa shape index (κ2) is 9.56. The maximum atomic E-state index is 10.0. The first kappa shape index (κ1) is 18.7. The number of hydrogen-bond acceptors (Lipinski definition) is 4. The summed E-state index contributed by atoms with van der Waals surface area (Å²) in [6.07, 6.45) is 4.79. The first-order valence-corrected chi connectivity index (χ1v) is 7.47. The summed E-state index contributed by atoms with van der Waals surface area (Å²) in [4.78, 5) is 9.60. The Morgan fingerprint density at radius 1 is 1.32 bits per heavy atom. The van der Waals surface area contributed by atoms with Crippen LogP contribution in [-0.4, -0.2) is 41.8 Å². The highest BCUT2D eigenvalue weighted by molar-refractivity contribution is 6.17. The van der Waals surface area contributed by atoms with Crippen LogP contribution in [0.15, 0.2) is 0 Å². The summed E-state index contributed by atoms with van der Waals surface area (Å²) < 4.78 is 4.55. The molecule has 4 nitrogen and oxygen atoms in total. The number of aliphatic hydroxyl groups is 1. The van der Waals surface area contributed by atoms with Crippen molar-refractivity contribution in [2.45, 2.75) is 64.1 Å². The van der Waals surface area contributed by atoms with Gasteiger partial charge in [-0.05, 0) is 66.0 Å². The summed E-state index contributed by atoms with van der Waals surface area (Å²) in [6, 6.07) is 0. The minimum absolute atomic E-state index is 0.318. The van der Waals surface area contributed by atoms with Gasteiger partial charge in [-0.1, -0.05) is 0 Å². The molecule has 1 aliphatic rings. The Labute approximate surface area is 121 Å². The van der Waals surface area contributed by atoms with Gasteiger partial charge in [-0.15, -0.1) is 11.6 Å². The van der Waals surface area contributed by atoms with E-state index in [4.69, 9.17) is 11.6 Å². The smallest absolute Gasteiger partial charge is 0.293 e. The van der Waals surface area contributed by atoms with Gasteiger partial charge in [0.05, 0.1) is 5.60 Å². The molecule has 0 amide bonds. The van der Waals surface area contributed by atoms with Gasteiger partial charge in [0.25, 0.3) is 6.47 Å². The minimum atomic E-state index is -0.392. The number of ether oxygens (including phenoxy) is 1. The Morgan fingerprint density at radius 3 is 2.26 bits per heavy atom. The Hall–Kier alpha value is -0.320. The first-order valence-electron chi connectivity index (χ1n) is 6.93. The highest BCUT2D eigenvalue weighted by Gasteiger charge is 2.27. The third kappa shape index (κ3) is 11.2. The predicted molar refractivity (Wildman–Crippen MR) is 78.5 cm³/mol. The number of hydrogen-bond donors (Lipinski definition) is 2. The zero-order valence-electron chi connectivity index (χ0n) is 12.4. The van der Waals surface area contributed by atoms with Gasteiger partial charge in [-0.2, -0.15) is 0 Å². The molecule has 1 saturated heterocycles. The predicted octanol–water partition coefficient (Wildman–Crippen LogP) is 2.47. The third-order valence-corrected chi connectivity index (χ3v) is 3.23. The summed E-state index contributed by atoms with van der Waals surface area (Å²) in [5.41, 5.74) is -0.709. The molecule has 0 unspecified atom stereocenters. The van der Waals surface area contributed by atoms with Crippen molar-refractivity contribution in [3.8, 4) is 0 Å². The molecular weight excluding hydrogens is 266 g/mol. The molecule has 5 heteroatoms. The lowest BCUT2D eigenvalue weighted by molar-refractivity contribution is -0.138. The molecule has 1 heterocycles. The largest absolute Gasteiger partial charge is 0.462 e. The van der Waals surface area contributed by atoms with Crippen molar-refractivity contribution < 1.29 is 14.6 Å². The first-order chi connectivity index (χ1) is 8.83. The van der Waals surface area contributed by atoms with E-state index < -0.39 is 5.60 Å². The van der Waals surface area contributed by atoms with Crippen molar-refractivity contribution >= 4 is 18.1 Å². The Bertz CT molecular complexity index is 235. The quantitative estimate of drug-likeness (QED) is 0.464. The maximum absolute atomic E-state index is 10.0. The average molecular weight is 294 g/mol. The molecule has 0 saturated carbocycles. The highest BCUT2D eigenvalue weighted by atomic mass is 35.5. The molecule has 2 N–H and O–H groups in total. The molecule has 0 spiro atoms. The molecule has 1 aliphatic heterocycles. The van der Waals surface area contributed by atoms with E-state index in [1.165, 1.54) is 0 Å². The molecule has 1 fully saturated rings. The summed E-state index contributed by atoms with van der Waals surface area (Å²) in [7, 11) is 0. The highest BCUT2D eigenvalue weighted by Crippen LogP contribution is 2.24. The zero-order valence-corrected chi connectivity index (χ0v) is 13.1. The Balaban J connectivity index is 0.000000399. The van der Waals surface area contributed by atoms with Crippen molar-refractivity contribution in [1.82, 2.24) is 5.32 Å². The van der Waals surface area contributed by atoms with E-state index in [1.807, 2.05) is 20.8 Å². The average Bonchev–Trinajstić information content (AvgIpc) is 2.29. The normalized spacial score (nSPS) is 18.2.